The van der Waals surface area contributed by atoms with Crippen molar-refractivity contribution in [2.24, 2.45) is 5.73 Å². The number of hydrogen-bond acceptors (Lipinski definition) is 6. The number of benzene rings is 1. The van der Waals surface area contributed by atoms with Gasteiger partial charge in [-0.25, -0.2) is 4.79 Å². The van der Waals surface area contributed by atoms with Crippen molar-refractivity contribution in [3.63, 3.8) is 0 Å². The zero-order chi connectivity index (χ0) is 20.1. The summed E-state index contributed by atoms with van der Waals surface area (Å²) in [5, 5.41) is 0. The molecule has 0 radical (unpaired) electrons. The van der Waals surface area contributed by atoms with Gasteiger partial charge in [-0.15, -0.1) is 0 Å². The number of carbonyl (C=O) groups is 2. The van der Waals surface area contributed by atoms with Crippen LogP contribution >= 0.6 is 0 Å². The first kappa shape index (κ1) is 20.0. The van der Waals surface area contributed by atoms with E-state index in [1.54, 1.807) is 6.92 Å². The van der Waals surface area contributed by atoms with Crippen molar-refractivity contribution < 1.29 is 23.8 Å². The van der Waals surface area contributed by atoms with Gasteiger partial charge in [0.1, 0.15) is 17.1 Å². The highest BCUT2D eigenvalue weighted by Crippen LogP contribution is 2.46. The van der Waals surface area contributed by atoms with Gasteiger partial charge in [0.25, 0.3) is 0 Å². The summed E-state index contributed by atoms with van der Waals surface area (Å²) in [5.74, 6) is -0.0475. The fourth-order valence-corrected chi connectivity index (χ4v) is 3.65. The van der Waals surface area contributed by atoms with Gasteiger partial charge in [-0.2, -0.15) is 0 Å². The molecule has 1 aliphatic carbocycles. The molecule has 1 unspecified atom stereocenters. The monoisotopic (exact) mass is 385 g/mol. The zero-order valence-electron chi connectivity index (χ0n) is 16.5. The van der Waals surface area contributed by atoms with Crippen molar-refractivity contribution in [2.45, 2.75) is 51.9 Å². The summed E-state index contributed by atoms with van der Waals surface area (Å²) in [4.78, 5) is 25.6. The van der Waals surface area contributed by atoms with Gasteiger partial charge in [0.05, 0.1) is 19.1 Å². The number of rotatable bonds is 7. The Morgan fingerprint density at radius 2 is 2.04 bits per heavy atom. The van der Waals surface area contributed by atoms with Gasteiger partial charge >= 0.3 is 5.97 Å². The molecule has 0 saturated carbocycles. The number of carbonyl (C=O) groups excluding carboxylic acids is 2. The summed E-state index contributed by atoms with van der Waals surface area (Å²) in [6.07, 6.45) is 3.67. The summed E-state index contributed by atoms with van der Waals surface area (Å²) in [6.45, 7) is 4.58. The Labute approximate surface area is 165 Å². The maximum atomic E-state index is 12.8. The van der Waals surface area contributed by atoms with Crippen LogP contribution in [0.25, 0.3) is 0 Å². The van der Waals surface area contributed by atoms with E-state index < -0.39 is 11.9 Å². The largest absolute Gasteiger partial charge is 0.493 e. The van der Waals surface area contributed by atoms with Crippen LogP contribution in [0, 0.1) is 0 Å². The van der Waals surface area contributed by atoms with Gasteiger partial charge < -0.3 is 19.9 Å². The minimum atomic E-state index is -0.645. The summed E-state index contributed by atoms with van der Waals surface area (Å²) in [6, 6.07) is 7.46. The van der Waals surface area contributed by atoms with E-state index in [-0.39, 0.29) is 23.8 Å². The average molecular weight is 385 g/mol. The van der Waals surface area contributed by atoms with Crippen LogP contribution in [0.15, 0.2) is 47.1 Å². The molecule has 2 N–H and O–H groups in total. The third-order valence-electron chi connectivity index (χ3n) is 4.97. The lowest BCUT2D eigenvalue weighted by atomic mass is 9.77. The van der Waals surface area contributed by atoms with Gasteiger partial charge in [-0.05, 0) is 25.8 Å². The second kappa shape index (κ2) is 8.95. The number of ketones is 1. The molecule has 28 heavy (non-hydrogen) atoms. The highest BCUT2D eigenvalue weighted by Gasteiger charge is 2.42. The van der Waals surface area contributed by atoms with Crippen LogP contribution in [0.1, 0.15) is 57.4 Å². The molecule has 1 atom stereocenters. The molecule has 2 aliphatic rings. The molecule has 0 amide bonds. The number of para-hydroxylation sites is 1. The van der Waals surface area contributed by atoms with Crippen LogP contribution in [-0.2, 0) is 19.1 Å². The third kappa shape index (κ3) is 3.91. The Balaban J connectivity index is 2.11. The number of allylic oxidation sites excluding steroid dienone is 2. The number of esters is 1. The molecular formula is C22H27NO5. The molecule has 1 aromatic carbocycles. The zero-order valence-corrected chi connectivity index (χ0v) is 16.5. The molecule has 1 aliphatic heterocycles. The van der Waals surface area contributed by atoms with Crippen LogP contribution in [0.4, 0.5) is 0 Å². The Hall–Kier alpha value is -2.76. The highest BCUT2D eigenvalue weighted by atomic mass is 16.5. The van der Waals surface area contributed by atoms with Gasteiger partial charge in [-0.3, -0.25) is 4.79 Å². The van der Waals surface area contributed by atoms with Crippen molar-refractivity contribution in [1.82, 2.24) is 0 Å². The predicted octanol–water partition coefficient (Wildman–Crippen LogP) is 3.72. The summed E-state index contributed by atoms with van der Waals surface area (Å²) < 4.78 is 16.9. The van der Waals surface area contributed by atoms with E-state index in [9.17, 15) is 9.59 Å². The summed E-state index contributed by atoms with van der Waals surface area (Å²) in [5.41, 5.74) is 7.53. The highest BCUT2D eigenvalue weighted by molar-refractivity contribution is 6.03. The molecule has 0 fully saturated rings. The molecule has 0 spiro atoms. The number of nitrogens with two attached hydrogens (primary N) is 1. The Morgan fingerprint density at radius 3 is 2.79 bits per heavy atom. The number of ether oxygens (including phenoxy) is 3. The summed E-state index contributed by atoms with van der Waals surface area (Å²) >= 11 is 0. The van der Waals surface area contributed by atoms with Gasteiger partial charge in [0, 0.05) is 24.0 Å². The van der Waals surface area contributed by atoms with E-state index in [2.05, 4.69) is 6.92 Å². The van der Waals surface area contributed by atoms with Crippen LogP contribution < -0.4 is 10.5 Å². The maximum absolute atomic E-state index is 12.8. The normalized spacial score (nSPS) is 19.2. The van der Waals surface area contributed by atoms with E-state index in [0.717, 1.165) is 18.4 Å². The molecule has 1 heterocycles. The Kier molecular flexibility index (Phi) is 6.39. The molecule has 6 heteroatoms. The van der Waals surface area contributed by atoms with Crippen LogP contribution in [0.3, 0.4) is 0 Å². The van der Waals surface area contributed by atoms with Crippen molar-refractivity contribution in [3.8, 4) is 5.75 Å². The molecule has 6 nitrogen and oxygen atoms in total. The van der Waals surface area contributed by atoms with E-state index in [1.807, 2.05) is 24.3 Å². The van der Waals surface area contributed by atoms with Gasteiger partial charge in [0.15, 0.2) is 5.78 Å². The lowest BCUT2D eigenvalue weighted by Crippen LogP contribution is -2.31. The van der Waals surface area contributed by atoms with Crippen LogP contribution in [0.2, 0.25) is 0 Å². The Morgan fingerprint density at radius 1 is 1.25 bits per heavy atom. The van der Waals surface area contributed by atoms with Crippen molar-refractivity contribution in [2.75, 3.05) is 13.2 Å². The molecule has 0 bridgehead atoms. The molecule has 0 saturated heterocycles. The van der Waals surface area contributed by atoms with Crippen molar-refractivity contribution >= 4 is 11.8 Å². The van der Waals surface area contributed by atoms with Crippen LogP contribution in [-0.4, -0.2) is 25.0 Å². The number of unbranched alkanes of at least 4 members (excludes halogenated alkanes) is 1. The quantitative estimate of drug-likeness (QED) is 0.568. The predicted molar refractivity (Wildman–Crippen MR) is 104 cm³/mol. The molecule has 150 valence electrons. The van der Waals surface area contributed by atoms with E-state index in [1.165, 1.54) is 0 Å². The smallest absolute Gasteiger partial charge is 0.340 e. The topological polar surface area (TPSA) is 87.8 Å². The minimum Gasteiger partial charge on any atom is -0.493 e. The van der Waals surface area contributed by atoms with E-state index in [0.29, 0.717) is 43.0 Å². The molecule has 3 rings (SSSR count). The Bertz CT molecular complexity index is 824. The second-order valence-electron chi connectivity index (χ2n) is 6.89. The lowest BCUT2D eigenvalue weighted by molar-refractivity contribution is -0.139. The van der Waals surface area contributed by atoms with Crippen LogP contribution in [0.5, 0.6) is 5.75 Å². The SMILES string of the molecule is CCCCOc1ccccc1C1C(C(=O)OCC)=C(N)OC2=C1C(=O)CCC2. The molecule has 1 aromatic rings. The molecule has 0 aromatic heterocycles. The third-order valence-corrected chi connectivity index (χ3v) is 4.97. The van der Waals surface area contributed by atoms with Crippen molar-refractivity contribution in [1.29, 1.82) is 0 Å². The van der Waals surface area contributed by atoms with E-state index >= 15 is 0 Å². The van der Waals surface area contributed by atoms with Crippen molar-refractivity contribution in [3.05, 3.63) is 52.6 Å². The number of Topliss-reactive ketones (excluding diaryl/α,β-unsaturated/α-hetero) is 1. The number of hydrogen-bond donors (Lipinski definition) is 1. The minimum absolute atomic E-state index is 0.000242. The summed E-state index contributed by atoms with van der Waals surface area (Å²) in [7, 11) is 0. The van der Waals surface area contributed by atoms with Gasteiger partial charge in [-0.1, -0.05) is 31.5 Å². The second-order valence-corrected chi connectivity index (χ2v) is 6.89. The fourth-order valence-electron chi connectivity index (χ4n) is 3.65. The molecular weight excluding hydrogens is 358 g/mol. The maximum Gasteiger partial charge on any atom is 0.340 e. The first-order valence-electron chi connectivity index (χ1n) is 9.91. The average Bonchev–Trinajstić information content (AvgIpc) is 2.68. The first-order valence-corrected chi connectivity index (χ1v) is 9.91. The van der Waals surface area contributed by atoms with Gasteiger partial charge in [0.2, 0.25) is 5.88 Å². The lowest BCUT2D eigenvalue weighted by Gasteiger charge is -2.33. The standard InChI is InChI=1S/C22H27NO5/c1-3-5-13-27-16-11-7-6-9-14(16)18-19-15(24)10-8-12-17(19)28-21(23)20(18)22(25)26-4-2/h6-7,9,11,18H,3-5,8,10,12-13,23H2,1-2H3. The van der Waals surface area contributed by atoms with E-state index in [4.69, 9.17) is 19.9 Å². The first-order chi connectivity index (χ1) is 13.6. The fraction of sp³-hybridized carbons (Fsp3) is 0.455.